The van der Waals surface area contributed by atoms with E-state index in [0.717, 1.165) is 10.9 Å². The van der Waals surface area contributed by atoms with Crippen LogP contribution in [0.5, 0.6) is 0 Å². The molecule has 0 unspecified atom stereocenters. The molecule has 0 radical (unpaired) electrons. The van der Waals surface area contributed by atoms with Gasteiger partial charge >= 0.3 is 0 Å². The van der Waals surface area contributed by atoms with Crippen LogP contribution in [0.3, 0.4) is 0 Å². The van der Waals surface area contributed by atoms with Gasteiger partial charge in [-0.25, -0.2) is 0 Å². The summed E-state index contributed by atoms with van der Waals surface area (Å²) in [5.74, 6) is 0.329. The fourth-order valence-corrected chi connectivity index (χ4v) is 1.42. The number of nitrogens with zero attached hydrogens (tertiary/aromatic N) is 1. The number of carbonyl (C=O) groups is 1. The molecular weight excluding hydrogens is 178 g/mol. The molecule has 0 saturated heterocycles. The highest BCUT2D eigenvalue weighted by molar-refractivity contribution is 5.90. The molecule has 0 atom stereocenters. The van der Waals surface area contributed by atoms with Gasteiger partial charge in [-0.05, 0) is 25.1 Å². The van der Waals surface area contributed by atoms with E-state index in [1.165, 1.54) is 0 Å². The molecule has 2 rings (SSSR count). The minimum atomic E-state index is 0.329. The lowest BCUT2D eigenvalue weighted by atomic mass is 10.1. The third-order valence-electron chi connectivity index (χ3n) is 2.21. The first-order chi connectivity index (χ1) is 6.76. The van der Waals surface area contributed by atoms with Crippen molar-refractivity contribution in [3.63, 3.8) is 0 Å². The molecule has 14 heavy (non-hydrogen) atoms. The molecular formula is C11H7NO2. The summed E-state index contributed by atoms with van der Waals surface area (Å²) in [6.07, 6.45) is 0.682. The maximum Gasteiger partial charge on any atom is 0.185 e. The van der Waals surface area contributed by atoms with E-state index in [4.69, 9.17) is 9.68 Å². The number of nitriles is 1. The third kappa shape index (κ3) is 1.09. The molecule has 1 aromatic carbocycles. The Labute approximate surface area is 80.6 Å². The Hall–Kier alpha value is -2.08. The van der Waals surface area contributed by atoms with Gasteiger partial charge in [0.1, 0.15) is 5.58 Å². The van der Waals surface area contributed by atoms with Gasteiger partial charge in [-0.3, -0.25) is 4.79 Å². The Morgan fingerprint density at radius 2 is 2.29 bits per heavy atom. The van der Waals surface area contributed by atoms with Crippen molar-refractivity contribution in [1.29, 1.82) is 5.26 Å². The van der Waals surface area contributed by atoms with Crippen molar-refractivity contribution in [3.05, 3.63) is 35.1 Å². The largest absolute Gasteiger partial charge is 0.453 e. The fraction of sp³-hybridized carbons (Fsp3) is 0.0909. The van der Waals surface area contributed by atoms with E-state index in [9.17, 15) is 4.79 Å². The number of aryl methyl sites for hydroxylation is 1. The summed E-state index contributed by atoms with van der Waals surface area (Å²) in [5, 5.41) is 9.53. The quantitative estimate of drug-likeness (QED) is 0.641. The van der Waals surface area contributed by atoms with E-state index < -0.39 is 0 Å². The van der Waals surface area contributed by atoms with E-state index in [0.29, 0.717) is 23.2 Å². The van der Waals surface area contributed by atoms with Gasteiger partial charge in [0.15, 0.2) is 12.0 Å². The standard InChI is InChI=1S/C11H7NO2/c1-7-9-4-8(5-12)2-3-10(9)14-11(7)6-13/h2-4,6H,1H3. The van der Waals surface area contributed by atoms with Crippen LogP contribution in [0.25, 0.3) is 11.0 Å². The zero-order valence-corrected chi connectivity index (χ0v) is 7.57. The van der Waals surface area contributed by atoms with Crippen LogP contribution in [0.1, 0.15) is 21.7 Å². The summed E-state index contributed by atoms with van der Waals surface area (Å²) in [6.45, 7) is 1.80. The van der Waals surface area contributed by atoms with Crippen molar-refractivity contribution < 1.29 is 9.21 Å². The van der Waals surface area contributed by atoms with Crippen LogP contribution in [0.4, 0.5) is 0 Å². The van der Waals surface area contributed by atoms with Crippen LogP contribution < -0.4 is 0 Å². The number of hydrogen-bond donors (Lipinski definition) is 0. The third-order valence-corrected chi connectivity index (χ3v) is 2.21. The average Bonchev–Trinajstić information content (AvgIpc) is 2.55. The number of carbonyl (C=O) groups excluding carboxylic acids is 1. The topological polar surface area (TPSA) is 54.0 Å². The van der Waals surface area contributed by atoms with Crippen molar-refractivity contribution in [2.24, 2.45) is 0 Å². The van der Waals surface area contributed by atoms with Crippen LogP contribution in [0.2, 0.25) is 0 Å². The molecule has 0 N–H and O–H groups in total. The molecule has 0 amide bonds. The number of aldehydes is 1. The van der Waals surface area contributed by atoms with Gasteiger partial charge in [0.2, 0.25) is 0 Å². The molecule has 2 aromatic rings. The summed E-state index contributed by atoms with van der Waals surface area (Å²) in [4.78, 5) is 10.6. The molecule has 0 aliphatic heterocycles. The Bertz CT molecular complexity index is 546. The van der Waals surface area contributed by atoms with Crippen molar-refractivity contribution >= 4 is 17.3 Å². The fourth-order valence-electron chi connectivity index (χ4n) is 1.42. The molecule has 1 heterocycles. The lowest BCUT2D eigenvalue weighted by molar-refractivity contribution is 0.110. The van der Waals surface area contributed by atoms with E-state index in [1.807, 2.05) is 6.07 Å². The van der Waals surface area contributed by atoms with Gasteiger partial charge < -0.3 is 4.42 Å². The minimum absolute atomic E-state index is 0.329. The maximum absolute atomic E-state index is 10.6. The molecule has 3 nitrogen and oxygen atoms in total. The van der Waals surface area contributed by atoms with Crippen molar-refractivity contribution in [2.75, 3.05) is 0 Å². The highest BCUT2D eigenvalue weighted by Crippen LogP contribution is 2.24. The zero-order valence-electron chi connectivity index (χ0n) is 7.57. The first-order valence-electron chi connectivity index (χ1n) is 4.14. The maximum atomic E-state index is 10.6. The normalized spacial score (nSPS) is 10.0. The molecule has 0 saturated carbocycles. The Morgan fingerprint density at radius 3 is 2.93 bits per heavy atom. The number of hydrogen-bond acceptors (Lipinski definition) is 3. The Morgan fingerprint density at radius 1 is 1.50 bits per heavy atom. The van der Waals surface area contributed by atoms with E-state index in [-0.39, 0.29) is 0 Å². The molecule has 3 heteroatoms. The van der Waals surface area contributed by atoms with Gasteiger partial charge in [0.25, 0.3) is 0 Å². The average molecular weight is 185 g/mol. The predicted molar refractivity (Wildman–Crippen MR) is 51.1 cm³/mol. The Kier molecular flexibility index (Phi) is 1.83. The predicted octanol–water partition coefficient (Wildman–Crippen LogP) is 2.43. The summed E-state index contributed by atoms with van der Waals surface area (Å²) in [6, 6.07) is 7.14. The highest BCUT2D eigenvalue weighted by atomic mass is 16.3. The second kappa shape index (κ2) is 3.00. The van der Waals surface area contributed by atoms with Crippen LogP contribution in [0.15, 0.2) is 22.6 Å². The Balaban J connectivity index is 2.82. The number of rotatable bonds is 1. The van der Waals surface area contributed by atoms with Crippen LogP contribution in [-0.2, 0) is 0 Å². The monoisotopic (exact) mass is 185 g/mol. The number of furan rings is 1. The lowest BCUT2D eigenvalue weighted by Crippen LogP contribution is -1.77. The van der Waals surface area contributed by atoms with Crippen LogP contribution in [0, 0.1) is 18.3 Å². The molecule has 0 bridgehead atoms. The van der Waals surface area contributed by atoms with Gasteiger partial charge in [0, 0.05) is 10.9 Å². The number of benzene rings is 1. The second-order valence-electron chi connectivity index (χ2n) is 3.03. The summed E-state index contributed by atoms with van der Waals surface area (Å²) < 4.78 is 5.27. The lowest BCUT2D eigenvalue weighted by Gasteiger charge is -1.89. The minimum Gasteiger partial charge on any atom is -0.453 e. The second-order valence-corrected chi connectivity index (χ2v) is 3.03. The molecule has 1 aromatic heterocycles. The van der Waals surface area contributed by atoms with Crippen molar-refractivity contribution in [3.8, 4) is 6.07 Å². The molecule has 0 aliphatic rings. The van der Waals surface area contributed by atoms with Gasteiger partial charge in [-0.2, -0.15) is 5.26 Å². The zero-order chi connectivity index (χ0) is 10.1. The van der Waals surface area contributed by atoms with Gasteiger partial charge in [-0.1, -0.05) is 0 Å². The number of fused-ring (bicyclic) bond motifs is 1. The molecule has 0 aliphatic carbocycles. The summed E-state index contributed by atoms with van der Waals surface area (Å²) in [5.41, 5.74) is 1.99. The van der Waals surface area contributed by atoms with Crippen molar-refractivity contribution in [1.82, 2.24) is 0 Å². The summed E-state index contributed by atoms with van der Waals surface area (Å²) >= 11 is 0. The molecule has 0 fully saturated rings. The van der Waals surface area contributed by atoms with Crippen molar-refractivity contribution in [2.45, 2.75) is 6.92 Å². The van der Waals surface area contributed by atoms with E-state index in [1.54, 1.807) is 25.1 Å². The molecule has 68 valence electrons. The molecule has 0 spiro atoms. The highest BCUT2D eigenvalue weighted by Gasteiger charge is 2.09. The SMILES string of the molecule is Cc1c(C=O)oc2ccc(C#N)cc12. The summed E-state index contributed by atoms with van der Waals surface area (Å²) in [7, 11) is 0. The first kappa shape index (κ1) is 8.52. The first-order valence-corrected chi connectivity index (χ1v) is 4.14. The van der Waals surface area contributed by atoms with Gasteiger partial charge in [0.05, 0.1) is 11.6 Å². The van der Waals surface area contributed by atoms with Gasteiger partial charge in [-0.15, -0.1) is 0 Å². The van der Waals surface area contributed by atoms with E-state index in [2.05, 4.69) is 0 Å². The smallest absolute Gasteiger partial charge is 0.185 e. The van der Waals surface area contributed by atoms with Crippen LogP contribution in [-0.4, -0.2) is 6.29 Å². The van der Waals surface area contributed by atoms with E-state index >= 15 is 0 Å². The van der Waals surface area contributed by atoms with Crippen LogP contribution >= 0.6 is 0 Å².